The van der Waals surface area contributed by atoms with Gasteiger partial charge >= 0.3 is 0 Å². The van der Waals surface area contributed by atoms with E-state index in [-0.39, 0.29) is 11.8 Å². The molecule has 0 N–H and O–H groups in total. The second-order valence-corrected chi connectivity index (χ2v) is 5.49. The molecular formula is C16H20O2. The Morgan fingerprint density at radius 2 is 1.78 bits per heavy atom. The van der Waals surface area contributed by atoms with Gasteiger partial charge in [-0.05, 0) is 18.9 Å². The number of hydrogen-bond acceptors (Lipinski definition) is 2. The van der Waals surface area contributed by atoms with Crippen molar-refractivity contribution in [1.82, 2.24) is 0 Å². The van der Waals surface area contributed by atoms with Crippen LogP contribution in [0.25, 0.3) is 0 Å². The summed E-state index contributed by atoms with van der Waals surface area (Å²) in [5.41, 5.74) is 1.10. The third-order valence-electron chi connectivity index (χ3n) is 4.30. The number of carbonyl (C=O) groups is 1. The van der Waals surface area contributed by atoms with Gasteiger partial charge in [0, 0.05) is 11.5 Å². The van der Waals surface area contributed by atoms with Crippen molar-refractivity contribution in [3.8, 4) is 5.75 Å². The standard InChI is InChI=1S/C16H20O2/c17-16(12-7-3-1-2-4-8-12)14-11-18-15-10-6-5-9-13(14)15/h5-6,9-10,12,14H,1-4,7-8,11H2. The van der Waals surface area contributed by atoms with E-state index in [1.54, 1.807) is 0 Å². The average Bonchev–Trinajstić information content (AvgIpc) is 2.65. The van der Waals surface area contributed by atoms with E-state index in [1.165, 1.54) is 25.7 Å². The molecule has 1 aliphatic heterocycles. The molecule has 0 radical (unpaired) electrons. The first-order valence-electron chi connectivity index (χ1n) is 7.12. The largest absolute Gasteiger partial charge is 0.492 e. The van der Waals surface area contributed by atoms with Crippen LogP contribution in [0.4, 0.5) is 0 Å². The molecule has 1 aliphatic carbocycles. The Morgan fingerprint density at radius 1 is 1.06 bits per heavy atom. The fourth-order valence-corrected chi connectivity index (χ4v) is 3.25. The Hall–Kier alpha value is -1.31. The van der Waals surface area contributed by atoms with Crippen molar-refractivity contribution in [3.05, 3.63) is 29.8 Å². The van der Waals surface area contributed by atoms with Crippen LogP contribution in [0.5, 0.6) is 5.75 Å². The topological polar surface area (TPSA) is 26.3 Å². The smallest absolute Gasteiger partial charge is 0.146 e. The molecule has 1 fully saturated rings. The lowest BCUT2D eigenvalue weighted by Gasteiger charge is -2.16. The van der Waals surface area contributed by atoms with Gasteiger partial charge in [0.25, 0.3) is 0 Å². The van der Waals surface area contributed by atoms with Crippen molar-refractivity contribution < 1.29 is 9.53 Å². The highest BCUT2D eigenvalue weighted by Gasteiger charge is 2.34. The molecule has 1 heterocycles. The molecule has 0 saturated heterocycles. The molecule has 0 aromatic heterocycles. The molecule has 0 amide bonds. The molecule has 1 unspecified atom stereocenters. The Bertz CT molecular complexity index is 430. The zero-order valence-electron chi connectivity index (χ0n) is 10.7. The van der Waals surface area contributed by atoms with Crippen LogP contribution in [-0.4, -0.2) is 12.4 Å². The first-order chi connectivity index (χ1) is 8.86. The second-order valence-electron chi connectivity index (χ2n) is 5.49. The number of para-hydroxylation sites is 1. The summed E-state index contributed by atoms with van der Waals surface area (Å²) in [7, 11) is 0. The number of hydrogen-bond donors (Lipinski definition) is 0. The fraction of sp³-hybridized carbons (Fsp3) is 0.562. The molecule has 0 spiro atoms. The maximum atomic E-state index is 12.6. The van der Waals surface area contributed by atoms with E-state index in [0.717, 1.165) is 24.2 Å². The minimum Gasteiger partial charge on any atom is -0.492 e. The van der Waals surface area contributed by atoms with Crippen LogP contribution in [0.3, 0.4) is 0 Å². The quantitative estimate of drug-likeness (QED) is 0.741. The van der Waals surface area contributed by atoms with Gasteiger partial charge < -0.3 is 4.74 Å². The van der Waals surface area contributed by atoms with Gasteiger partial charge in [0.2, 0.25) is 0 Å². The minimum atomic E-state index is -0.00991. The first kappa shape index (κ1) is 11.8. The molecule has 1 aromatic rings. The second kappa shape index (κ2) is 5.13. The predicted molar refractivity (Wildman–Crippen MR) is 70.9 cm³/mol. The summed E-state index contributed by atoms with van der Waals surface area (Å²) in [6, 6.07) is 7.98. The Morgan fingerprint density at radius 3 is 2.56 bits per heavy atom. The van der Waals surface area contributed by atoms with Gasteiger partial charge in [-0.15, -0.1) is 0 Å². The van der Waals surface area contributed by atoms with Crippen LogP contribution < -0.4 is 4.74 Å². The first-order valence-corrected chi connectivity index (χ1v) is 7.12. The van der Waals surface area contributed by atoms with E-state index in [2.05, 4.69) is 0 Å². The molecule has 1 saturated carbocycles. The number of ketones is 1. The third-order valence-corrected chi connectivity index (χ3v) is 4.30. The van der Waals surface area contributed by atoms with Gasteiger partial charge in [-0.2, -0.15) is 0 Å². The summed E-state index contributed by atoms with van der Waals surface area (Å²) >= 11 is 0. The molecule has 1 aromatic carbocycles. The van der Waals surface area contributed by atoms with Crippen LogP contribution >= 0.6 is 0 Å². The summed E-state index contributed by atoms with van der Waals surface area (Å²) in [5.74, 6) is 1.59. The molecular weight excluding hydrogens is 224 g/mol. The van der Waals surface area contributed by atoms with Crippen LogP contribution in [-0.2, 0) is 4.79 Å². The number of Topliss-reactive ketones (excluding diaryl/α,β-unsaturated/α-hetero) is 1. The van der Waals surface area contributed by atoms with Crippen LogP contribution in [0, 0.1) is 5.92 Å². The van der Waals surface area contributed by atoms with Crippen LogP contribution in [0.2, 0.25) is 0 Å². The van der Waals surface area contributed by atoms with Gasteiger partial charge in [0.15, 0.2) is 0 Å². The number of rotatable bonds is 2. The Kier molecular flexibility index (Phi) is 3.35. The molecule has 0 bridgehead atoms. The maximum Gasteiger partial charge on any atom is 0.146 e. The van der Waals surface area contributed by atoms with Gasteiger partial charge in [-0.1, -0.05) is 43.9 Å². The highest BCUT2D eigenvalue weighted by Crippen LogP contribution is 2.37. The third kappa shape index (κ3) is 2.16. The van der Waals surface area contributed by atoms with E-state index in [9.17, 15) is 4.79 Å². The van der Waals surface area contributed by atoms with Crippen LogP contribution in [0.15, 0.2) is 24.3 Å². The number of ether oxygens (including phenoxy) is 1. The zero-order chi connectivity index (χ0) is 12.4. The van der Waals surface area contributed by atoms with Crippen molar-refractivity contribution in [1.29, 1.82) is 0 Å². The van der Waals surface area contributed by atoms with Gasteiger partial charge in [-0.25, -0.2) is 0 Å². The molecule has 1 atom stereocenters. The lowest BCUT2D eigenvalue weighted by Crippen LogP contribution is -2.23. The lowest BCUT2D eigenvalue weighted by molar-refractivity contribution is -0.124. The summed E-state index contributed by atoms with van der Waals surface area (Å²) < 4.78 is 5.63. The maximum absolute atomic E-state index is 12.6. The zero-order valence-corrected chi connectivity index (χ0v) is 10.7. The van der Waals surface area contributed by atoms with E-state index < -0.39 is 0 Å². The SMILES string of the molecule is O=C(C1CCCCCC1)C1COc2ccccc21. The molecule has 3 rings (SSSR count). The van der Waals surface area contributed by atoms with Crippen molar-refractivity contribution >= 4 is 5.78 Å². The molecule has 2 aliphatic rings. The molecule has 96 valence electrons. The lowest BCUT2D eigenvalue weighted by atomic mass is 9.85. The fourth-order valence-electron chi connectivity index (χ4n) is 3.25. The number of carbonyl (C=O) groups excluding carboxylic acids is 1. The van der Waals surface area contributed by atoms with Crippen molar-refractivity contribution in [2.75, 3.05) is 6.61 Å². The number of benzene rings is 1. The van der Waals surface area contributed by atoms with Crippen LogP contribution in [0.1, 0.15) is 50.0 Å². The van der Waals surface area contributed by atoms with Gasteiger partial charge in [-0.3, -0.25) is 4.79 Å². The van der Waals surface area contributed by atoms with E-state index in [1.807, 2.05) is 24.3 Å². The summed E-state index contributed by atoms with van der Waals surface area (Å²) in [6.07, 6.45) is 7.18. The Labute approximate surface area is 108 Å². The molecule has 2 nitrogen and oxygen atoms in total. The summed E-state index contributed by atoms with van der Waals surface area (Å²) in [6.45, 7) is 0.550. The van der Waals surface area contributed by atoms with E-state index in [4.69, 9.17) is 4.74 Å². The summed E-state index contributed by atoms with van der Waals surface area (Å²) in [4.78, 5) is 12.6. The highest BCUT2D eigenvalue weighted by molar-refractivity contribution is 5.89. The van der Waals surface area contributed by atoms with Crippen molar-refractivity contribution in [3.63, 3.8) is 0 Å². The average molecular weight is 244 g/mol. The Balaban J connectivity index is 1.77. The van der Waals surface area contributed by atoms with Crippen molar-refractivity contribution in [2.24, 2.45) is 5.92 Å². The van der Waals surface area contributed by atoms with Gasteiger partial charge in [0.05, 0.1) is 5.92 Å². The number of fused-ring (bicyclic) bond motifs is 1. The normalized spacial score (nSPS) is 24.1. The van der Waals surface area contributed by atoms with E-state index >= 15 is 0 Å². The van der Waals surface area contributed by atoms with Gasteiger partial charge in [0.1, 0.15) is 18.1 Å². The predicted octanol–water partition coefficient (Wildman–Crippen LogP) is 3.70. The molecule has 2 heteroatoms. The summed E-state index contributed by atoms with van der Waals surface area (Å²) in [5, 5.41) is 0. The minimum absolute atomic E-state index is 0.00991. The molecule has 18 heavy (non-hydrogen) atoms. The highest BCUT2D eigenvalue weighted by atomic mass is 16.5. The van der Waals surface area contributed by atoms with E-state index in [0.29, 0.717) is 12.4 Å². The van der Waals surface area contributed by atoms with Crippen molar-refractivity contribution in [2.45, 2.75) is 44.4 Å². The monoisotopic (exact) mass is 244 g/mol.